The van der Waals surface area contributed by atoms with Crippen molar-refractivity contribution >= 4 is 11.6 Å². The molecule has 0 saturated carbocycles. The highest BCUT2D eigenvalue weighted by Crippen LogP contribution is 2.21. The van der Waals surface area contributed by atoms with Crippen molar-refractivity contribution in [1.82, 2.24) is 9.97 Å². The van der Waals surface area contributed by atoms with Crippen molar-refractivity contribution in [3.8, 4) is 0 Å². The zero-order chi connectivity index (χ0) is 12.4. The number of fused-ring (bicyclic) bond motifs is 1. The molecule has 1 aromatic carbocycles. The van der Waals surface area contributed by atoms with Crippen LogP contribution in [0.1, 0.15) is 17.5 Å². The van der Waals surface area contributed by atoms with Crippen LogP contribution >= 0.6 is 0 Å². The molecule has 2 heterocycles. The number of benzene rings is 1. The first-order chi connectivity index (χ1) is 8.83. The van der Waals surface area contributed by atoms with Gasteiger partial charge in [-0.3, -0.25) is 0 Å². The highest BCUT2D eigenvalue weighted by molar-refractivity contribution is 5.40. The first kappa shape index (κ1) is 11.0. The zero-order valence-electron chi connectivity index (χ0n) is 10.2. The number of rotatable bonds is 1. The molecular weight excluding hydrogens is 224 g/mol. The van der Waals surface area contributed by atoms with Gasteiger partial charge in [0, 0.05) is 13.1 Å². The van der Waals surface area contributed by atoms with Gasteiger partial charge in [-0.25, -0.2) is 9.97 Å². The van der Waals surface area contributed by atoms with Gasteiger partial charge in [-0.1, -0.05) is 24.3 Å². The number of aryl methyl sites for hydroxylation is 1. The largest absolute Gasteiger partial charge is 0.396 e. The lowest BCUT2D eigenvalue weighted by Crippen LogP contribution is -2.24. The molecule has 2 aromatic rings. The normalized spacial score (nSPS) is 15.0. The van der Waals surface area contributed by atoms with Crippen LogP contribution in [0.2, 0.25) is 0 Å². The van der Waals surface area contributed by atoms with Crippen molar-refractivity contribution in [3.63, 3.8) is 0 Å². The molecule has 1 aromatic heterocycles. The van der Waals surface area contributed by atoms with E-state index in [-0.39, 0.29) is 0 Å². The monoisotopic (exact) mass is 240 g/mol. The summed E-state index contributed by atoms with van der Waals surface area (Å²) in [5.41, 5.74) is 9.04. The minimum Gasteiger partial charge on any atom is -0.396 e. The molecule has 0 amide bonds. The Bertz CT molecular complexity index is 536. The van der Waals surface area contributed by atoms with Crippen LogP contribution in [0.25, 0.3) is 0 Å². The summed E-state index contributed by atoms with van der Waals surface area (Å²) in [7, 11) is 0. The molecule has 0 spiro atoms. The summed E-state index contributed by atoms with van der Waals surface area (Å²) in [6.45, 7) is 1.86. The minimum atomic E-state index is 0.606. The molecule has 2 N–H and O–H groups in total. The van der Waals surface area contributed by atoms with Crippen molar-refractivity contribution in [2.75, 3.05) is 17.2 Å². The molecule has 0 unspecified atom stereocenters. The Labute approximate surface area is 106 Å². The van der Waals surface area contributed by atoms with E-state index < -0.39 is 0 Å². The van der Waals surface area contributed by atoms with Crippen molar-refractivity contribution < 1.29 is 0 Å². The summed E-state index contributed by atoms with van der Waals surface area (Å²) in [6, 6.07) is 8.59. The zero-order valence-corrected chi connectivity index (χ0v) is 10.2. The first-order valence-electron chi connectivity index (χ1n) is 6.22. The Kier molecular flexibility index (Phi) is 2.84. The number of nitrogens with zero attached hydrogens (tertiary/aromatic N) is 3. The molecule has 0 aliphatic carbocycles. The van der Waals surface area contributed by atoms with Gasteiger partial charge in [-0.15, -0.1) is 0 Å². The van der Waals surface area contributed by atoms with Gasteiger partial charge < -0.3 is 10.6 Å². The molecule has 1 aliphatic heterocycles. The molecular formula is C14H16N4. The fraction of sp³-hybridized carbons (Fsp3) is 0.286. The summed E-state index contributed by atoms with van der Waals surface area (Å²) >= 11 is 0. The molecule has 18 heavy (non-hydrogen) atoms. The number of nitrogens with two attached hydrogens (primary N) is 1. The number of anilines is 2. The molecule has 4 nitrogen and oxygen atoms in total. The molecule has 0 saturated heterocycles. The third-order valence-corrected chi connectivity index (χ3v) is 3.29. The van der Waals surface area contributed by atoms with Crippen LogP contribution in [0, 0.1) is 0 Å². The summed E-state index contributed by atoms with van der Waals surface area (Å²) in [4.78, 5) is 10.8. The predicted octanol–water partition coefficient (Wildman–Crippen LogP) is 2.01. The van der Waals surface area contributed by atoms with Gasteiger partial charge in [-0.05, 0) is 24.0 Å². The van der Waals surface area contributed by atoms with Crippen molar-refractivity contribution in [2.24, 2.45) is 0 Å². The summed E-state index contributed by atoms with van der Waals surface area (Å²) in [5, 5.41) is 0. The van der Waals surface area contributed by atoms with Crippen LogP contribution in [0.3, 0.4) is 0 Å². The second kappa shape index (κ2) is 4.64. The maximum atomic E-state index is 5.62. The van der Waals surface area contributed by atoms with Crippen LogP contribution < -0.4 is 10.6 Å². The van der Waals surface area contributed by atoms with Gasteiger partial charge in [0.2, 0.25) is 5.95 Å². The number of nitrogen functional groups attached to an aromatic ring is 1. The van der Waals surface area contributed by atoms with Gasteiger partial charge in [0.25, 0.3) is 0 Å². The Morgan fingerprint density at radius 2 is 1.78 bits per heavy atom. The van der Waals surface area contributed by atoms with E-state index in [0.717, 1.165) is 31.9 Å². The maximum absolute atomic E-state index is 5.62. The SMILES string of the molecule is Nc1cnc(N2CCCc3ccccc3C2)nc1. The standard InChI is InChI=1S/C14H16N4/c15-13-8-16-14(17-9-13)18-7-3-6-11-4-1-2-5-12(11)10-18/h1-2,4-5,8-9H,3,6-7,10,15H2. The van der Waals surface area contributed by atoms with Gasteiger partial charge in [-0.2, -0.15) is 0 Å². The maximum Gasteiger partial charge on any atom is 0.225 e. The minimum absolute atomic E-state index is 0.606. The lowest BCUT2D eigenvalue weighted by Gasteiger charge is -2.20. The molecule has 0 bridgehead atoms. The fourth-order valence-electron chi connectivity index (χ4n) is 2.37. The molecule has 4 heteroatoms. The second-order valence-corrected chi connectivity index (χ2v) is 4.61. The molecule has 0 fully saturated rings. The van der Waals surface area contributed by atoms with E-state index in [4.69, 9.17) is 5.73 Å². The van der Waals surface area contributed by atoms with Gasteiger partial charge in [0.15, 0.2) is 0 Å². The van der Waals surface area contributed by atoms with Gasteiger partial charge in [0.1, 0.15) is 0 Å². The highest BCUT2D eigenvalue weighted by Gasteiger charge is 2.15. The molecule has 92 valence electrons. The average molecular weight is 240 g/mol. The van der Waals surface area contributed by atoms with Crippen LogP contribution in [0.15, 0.2) is 36.7 Å². The first-order valence-corrected chi connectivity index (χ1v) is 6.22. The van der Waals surface area contributed by atoms with Crippen molar-refractivity contribution in [2.45, 2.75) is 19.4 Å². The molecule has 0 radical (unpaired) electrons. The molecule has 3 rings (SSSR count). The third-order valence-electron chi connectivity index (χ3n) is 3.29. The number of hydrogen-bond donors (Lipinski definition) is 1. The predicted molar refractivity (Wildman–Crippen MR) is 72.3 cm³/mol. The third kappa shape index (κ3) is 2.14. The lowest BCUT2D eigenvalue weighted by molar-refractivity contribution is 0.740. The Balaban J connectivity index is 1.89. The van der Waals surface area contributed by atoms with E-state index in [0.29, 0.717) is 5.69 Å². The Hall–Kier alpha value is -2.10. The van der Waals surface area contributed by atoms with E-state index in [1.54, 1.807) is 12.4 Å². The Morgan fingerprint density at radius 1 is 1.06 bits per heavy atom. The van der Waals surface area contributed by atoms with E-state index in [1.807, 2.05) is 0 Å². The second-order valence-electron chi connectivity index (χ2n) is 4.61. The van der Waals surface area contributed by atoms with Crippen LogP contribution in [-0.4, -0.2) is 16.5 Å². The lowest BCUT2D eigenvalue weighted by atomic mass is 10.0. The smallest absolute Gasteiger partial charge is 0.225 e. The highest BCUT2D eigenvalue weighted by atomic mass is 15.2. The summed E-state index contributed by atoms with van der Waals surface area (Å²) in [5.74, 6) is 0.765. The summed E-state index contributed by atoms with van der Waals surface area (Å²) < 4.78 is 0. The topological polar surface area (TPSA) is 55.0 Å². The number of aromatic nitrogens is 2. The van der Waals surface area contributed by atoms with Gasteiger partial charge in [0.05, 0.1) is 18.1 Å². The number of hydrogen-bond acceptors (Lipinski definition) is 4. The average Bonchev–Trinajstić information content (AvgIpc) is 2.61. The van der Waals surface area contributed by atoms with E-state index in [9.17, 15) is 0 Å². The molecule has 0 atom stereocenters. The van der Waals surface area contributed by atoms with Crippen LogP contribution in [-0.2, 0) is 13.0 Å². The van der Waals surface area contributed by atoms with Crippen molar-refractivity contribution in [1.29, 1.82) is 0 Å². The van der Waals surface area contributed by atoms with Crippen LogP contribution in [0.4, 0.5) is 11.6 Å². The van der Waals surface area contributed by atoms with E-state index >= 15 is 0 Å². The molecule has 1 aliphatic rings. The van der Waals surface area contributed by atoms with Crippen LogP contribution in [0.5, 0.6) is 0 Å². The Morgan fingerprint density at radius 3 is 2.56 bits per heavy atom. The quantitative estimate of drug-likeness (QED) is 0.828. The van der Waals surface area contributed by atoms with Gasteiger partial charge >= 0.3 is 0 Å². The van der Waals surface area contributed by atoms with E-state index in [2.05, 4.69) is 39.1 Å². The fourth-order valence-corrected chi connectivity index (χ4v) is 2.37. The van der Waals surface area contributed by atoms with E-state index in [1.165, 1.54) is 11.1 Å². The summed E-state index contributed by atoms with van der Waals surface area (Å²) in [6.07, 6.45) is 5.59. The van der Waals surface area contributed by atoms with Crippen molar-refractivity contribution in [3.05, 3.63) is 47.8 Å².